The van der Waals surface area contributed by atoms with E-state index in [0.29, 0.717) is 5.69 Å². The van der Waals surface area contributed by atoms with Gasteiger partial charge >= 0.3 is 10.2 Å². The largest absolute Gasteiger partial charge is 0.381 e. The predicted molar refractivity (Wildman–Crippen MR) is 86.4 cm³/mol. The maximum atomic E-state index is 11.7. The van der Waals surface area contributed by atoms with E-state index in [0.717, 1.165) is 16.5 Å². The summed E-state index contributed by atoms with van der Waals surface area (Å²) in [6.07, 6.45) is 0. The summed E-state index contributed by atoms with van der Waals surface area (Å²) in [6, 6.07) is 17.2. The van der Waals surface area contributed by atoms with Crippen molar-refractivity contribution >= 4 is 21.6 Å². The van der Waals surface area contributed by atoms with Crippen LogP contribution in [-0.2, 0) is 16.8 Å². The van der Waals surface area contributed by atoms with Gasteiger partial charge in [0.05, 0.1) is 0 Å². The first-order chi connectivity index (χ1) is 9.97. The fourth-order valence-corrected chi connectivity index (χ4v) is 2.31. The molecule has 112 valence electrons. The summed E-state index contributed by atoms with van der Waals surface area (Å²) in [5, 5.41) is 3.29. The molecular weight excluding hydrogens is 286 g/mol. The number of nitrogens with one attached hydrogen (secondary N) is 2. The third-order valence-corrected chi connectivity index (χ3v) is 4.41. The van der Waals surface area contributed by atoms with Crippen molar-refractivity contribution in [2.24, 2.45) is 0 Å². The molecular formula is C15H19N3O2S. The van der Waals surface area contributed by atoms with Gasteiger partial charge in [-0.2, -0.15) is 12.7 Å². The molecule has 0 fully saturated rings. The predicted octanol–water partition coefficient (Wildman–Crippen LogP) is 2.52. The highest BCUT2D eigenvalue weighted by atomic mass is 32.2. The molecule has 0 unspecified atom stereocenters. The van der Waals surface area contributed by atoms with Crippen LogP contribution in [0.3, 0.4) is 0 Å². The van der Waals surface area contributed by atoms with Crippen LogP contribution in [0.15, 0.2) is 54.6 Å². The molecule has 21 heavy (non-hydrogen) atoms. The van der Waals surface area contributed by atoms with Gasteiger partial charge in [-0.1, -0.05) is 30.3 Å². The number of hydrogen-bond donors (Lipinski definition) is 2. The molecule has 0 bridgehead atoms. The Kier molecular flexibility index (Phi) is 4.82. The lowest BCUT2D eigenvalue weighted by Crippen LogP contribution is -2.28. The SMILES string of the molecule is CN(C)S(=O)(=O)Nc1ccc(NCc2ccccc2)cc1. The monoisotopic (exact) mass is 305 g/mol. The molecule has 2 aromatic carbocycles. The summed E-state index contributed by atoms with van der Waals surface area (Å²) in [7, 11) is -0.488. The van der Waals surface area contributed by atoms with Gasteiger partial charge in [-0.3, -0.25) is 4.72 Å². The highest BCUT2D eigenvalue weighted by Crippen LogP contribution is 2.16. The van der Waals surface area contributed by atoms with E-state index in [9.17, 15) is 8.42 Å². The summed E-state index contributed by atoms with van der Waals surface area (Å²) >= 11 is 0. The normalized spacial score (nSPS) is 11.4. The van der Waals surface area contributed by atoms with Crippen molar-refractivity contribution in [3.8, 4) is 0 Å². The zero-order chi connectivity index (χ0) is 15.3. The van der Waals surface area contributed by atoms with E-state index in [2.05, 4.69) is 10.0 Å². The van der Waals surface area contributed by atoms with Gasteiger partial charge in [-0.05, 0) is 29.8 Å². The van der Waals surface area contributed by atoms with Crippen LogP contribution in [0.4, 0.5) is 11.4 Å². The van der Waals surface area contributed by atoms with Gasteiger partial charge < -0.3 is 5.32 Å². The minimum atomic E-state index is -3.46. The third-order valence-electron chi connectivity index (χ3n) is 2.95. The molecule has 0 aliphatic rings. The molecule has 0 aliphatic carbocycles. The Bertz CT molecular complexity index is 668. The number of nitrogens with zero attached hydrogens (tertiary/aromatic N) is 1. The zero-order valence-corrected chi connectivity index (χ0v) is 12.9. The van der Waals surface area contributed by atoms with Crippen LogP contribution in [0.2, 0.25) is 0 Å². The second-order valence-corrected chi connectivity index (χ2v) is 6.69. The zero-order valence-electron chi connectivity index (χ0n) is 12.1. The summed E-state index contributed by atoms with van der Waals surface area (Å²) < 4.78 is 27.0. The van der Waals surface area contributed by atoms with E-state index in [1.807, 2.05) is 42.5 Å². The Labute approximate surface area is 125 Å². The van der Waals surface area contributed by atoms with Crippen molar-refractivity contribution in [2.45, 2.75) is 6.54 Å². The van der Waals surface area contributed by atoms with Gasteiger partial charge in [-0.25, -0.2) is 0 Å². The van der Waals surface area contributed by atoms with Crippen molar-refractivity contribution in [1.29, 1.82) is 0 Å². The summed E-state index contributed by atoms with van der Waals surface area (Å²) in [5.74, 6) is 0. The maximum absolute atomic E-state index is 11.7. The topological polar surface area (TPSA) is 61.4 Å². The van der Waals surface area contributed by atoms with Crippen LogP contribution >= 0.6 is 0 Å². The fraction of sp³-hybridized carbons (Fsp3) is 0.200. The number of rotatable bonds is 6. The van der Waals surface area contributed by atoms with E-state index in [1.165, 1.54) is 19.7 Å². The Morgan fingerprint density at radius 3 is 2.05 bits per heavy atom. The van der Waals surface area contributed by atoms with Crippen LogP contribution in [0.25, 0.3) is 0 Å². The lowest BCUT2D eigenvalue weighted by atomic mass is 10.2. The van der Waals surface area contributed by atoms with Crippen molar-refractivity contribution in [3.63, 3.8) is 0 Å². The van der Waals surface area contributed by atoms with Crippen LogP contribution in [0.5, 0.6) is 0 Å². The van der Waals surface area contributed by atoms with Crippen molar-refractivity contribution in [1.82, 2.24) is 4.31 Å². The molecule has 0 radical (unpaired) electrons. The molecule has 0 spiro atoms. The highest BCUT2D eigenvalue weighted by Gasteiger charge is 2.12. The molecule has 0 aliphatic heterocycles. The second kappa shape index (κ2) is 6.60. The van der Waals surface area contributed by atoms with Gasteiger partial charge in [-0.15, -0.1) is 0 Å². The lowest BCUT2D eigenvalue weighted by Gasteiger charge is -2.14. The van der Waals surface area contributed by atoms with E-state index in [4.69, 9.17) is 0 Å². The van der Waals surface area contributed by atoms with Crippen LogP contribution in [-0.4, -0.2) is 26.8 Å². The number of anilines is 2. The first-order valence-electron chi connectivity index (χ1n) is 6.55. The molecule has 0 amide bonds. The Hall–Kier alpha value is -2.05. The van der Waals surface area contributed by atoms with Gasteiger partial charge in [0.1, 0.15) is 0 Å². The third kappa shape index (κ3) is 4.47. The van der Waals surface area contributed by atoms with Gasteiger partial charge in [0.2, 0.25) is 0 Å². The minimum Gasteiger partial charge on any atom is -0.381 e. The average molecular weight is 305 g/mol. The highest BCUT2D eigenvalue weighted by molar-refractivity contribution is 7.90. The first-order valence-corrected chi connectivity index (χ1v) is 7.99. The van der Waals surface area contributed by atoms with E-state index in [-0.39, 0.29) is 0 Å². The van der Waals surface area contributed by atoms with E-state index < -0.39 is 10.2 Å². The van der Waals surface area contributed by atoms with Crippen molar-refractivity contribution in [3.05, 3.63) is 60.2 Å². The van der Waals surface area contributed by atoms with Crippen molar-refractivity contribution < 1.29 is 8.42 Å². The first kappa shape index (κ1) is 15.3. The lowest BCUT2D eigenvalue weighted by molar-refractivity contribution is 0.527. The summed E-state index contributed by atoms with van der Waals surface area (Å²) in [6.45, 7) is 0.726. The molecule has 5 nitrogen and oxygen atoms in total. The molecule has 2 rings (SSSR count). The molecule has 0 aromatic heterocycles. The van der Waals surface area contributed by atoms with E-state index in [1.54, 1.807) is 12.1 Å². The Morgan fingerprint density at radius 2 is 1.48 bits per heavy atom. The standard InChI is InChI=1S/C15H19N3O2S/c1-18(2)21(19,20)17-15-10-8-14(9-11-15)16-12-13-6-4-3-5-7-13/h3-11,16-17H,12H2,1-2H3. The smallest absolute Gasteiger partial charge is 0.301 e. The van der Waals surface area contributed by atoms with Crippen molar-refractivity contribution in [2.75, 3.05) is 24.1 Å². The van der Waals surface area contributed by atoms with Gasteiger partial charge in [0.25, 0.3) is 0 Å². The average Bonchev–Trinajstić information content (AvgIpc) is 2.47. The Balaban J connectivity index is 1.96. The van der Waals surface area contributed by atoms with Crippen LogP contribution in [0, 0.1) is 0 Å². The molecule has 0 saturated heterocycles. The summed E-state index contributed by atoms with van der Waals surface area (Å²) in [5.41, 5.74) is 2.66. The van der Waals surface area contributed by atoms with Crippen LogP contribution in [0.1, 0.15) is 5.56 Å². The van der Waals surface area contributed by atoms with Crippen LogP contribution < -0.4 is 10.0 Å². The van der Waals surface area contributed by atoms with Gasteiger partial charge in [0.15, 0.2) is 0 Å². The minimum absolute atomic E-state index is 0.536. The molecule has 0 heterocycles. The van der Waals surface area contributed by atoms with Gasteiger partial charge in [0, 0.05) is 32.0 Å². The molecule has 6 heteroatoms. The fourth-order valence-electron chi connectivity index (χ4n) is 1.70. The quantitative estimate of drug-likeness (QED) is 0.862. The number of benzene rings is 2. The maximum Gasteiger partial charge on any atom is 0.301 e. The number of hydrogen-bond acceptors (Lipinski definition) is 3. The molecule has 0 atom stereocenters. The second-order valence-electron chi connectivity index (χ2n) is 4.81. The molecule has 2 N–H and O–H groups in total. The Morgan fingerprint density at radius 1 is 0.905 bits per heavy atom. The summed E-state index contributed by atoms with van der Waals surface area (Å²) in [4.78, 5) is 0. The molecule has 0 saturated carbocycles. The van der Waals surface area contributed by atoms with E-state index >= 15 is 0 Å². The molecule has 2 aromatic rings.